The number of pyridine rings is 1. The van der Waals surface area contributed by atoms with Gasteiger partial charge in [-0.3, -0.25) is 10.0 Å². The smallest absolute Gasteiger partial charge is 0.269 e. The zero-order valence-electron chi connectivity index (χ0n) is 10.6. The van der Waals surface area contributed by atoms with E-state index >= 15 is 0 Å². The van der Waals surface area contributed by atoms with Gasteiger partial charge in [0, 0.05) is 12.0 Å². The number of amides is 1. The van der Waals surface area contributed by atoms with Crippen LogP contribution in [-0.4, -0.2) is 22.1 Å². The van der Waals surface area contributed by atoms with Gasteiger partial charge in [0.25, 0.3) is 5.91 Å². The van der Waals surface area contributed by atoms with Crippen molar-refractivity contribution in [2.24, 2.45) is 5.73 Å². The number of hydrogen-bond donors (Lipinski definition) is 2. The number of carbonyl (C=O) groups is 1. The molecule has 0 radical (unpaired) electrons. The minimum Gasteiger partial charge on any atom is -0.456 e. The molecule has 1 aliphatic rings. The second-order valence-corrected chi connectivity index (χ2v) is 4.53. The number of aromatic nitrogens is 1. The lowest BCUT2D eigenvalue weighted by Crippen LogP contribution is -2.47. The molecule has 0 fully saturated rings. The molecule has 0 saturated heterocycles. The van der Waals surface area contributed by atoms with Crippen molar-refractivity contribution in [1.29, 1.82) is 0 Å². The quantitative estimate of drug-likeness (QED) is 0.808. The van der Waals surface area contributed by atoms with Crippen molar-refractivity contribution in [3.05, 3.63) is 48.2 Å². The second-order valence-electron chi connectivity index (χ2n) is 4.53. The first-order valence-electron chi connectivity index (χ1n) is 6.15. The topological polar surface area (TPSA) is 88.7 Å². The Morgan fingerprint density at radius 1 is 1.30 bits per heavy atom. The Morgan fingerprint density at radius 2 is 2.05 bits per heavy atom. The molecular weight excluding hydrogens is 258 g/mol. The highest BCUT2D eigenvalue weighted by Crippen LogP contribution is 2.29. The lowest BCUT2D eigenvalue weighted by Gasteiger charge is -2.26. The lowest BCUT2D eigenvalue weighted by molar-refractivity contribution is -0.125. The molecule has 6 nitrogen and oxygen atoms in total. The van der Waals surface area contributed by atoms with Gasteiger partial charge >= 0.3 is 0 Å². The van der Waals surface area contributed by atoms with E-state index in [9.17, 15) is 10.0 Å². The van der Waals surface area contributed by atoms with Gasteiger partial charge in [-0.2, -0.15) is 5.06 Å². The maximum Gasteiger partial charge on any atom is 0.269 e. The van der Waals surface area contributed by atoms with Crippen molar-refractivity contribution in [1.82, 2.24) is 4.98 Å². The van der Waals surface area contributed by atoms with Crippen LogP contribution in [0.5, 0.6) is 11.5 Å². The first-order chi connectivity index (χ1) is 9.65. The summed E-state index contributed by atoms with van der Waals surface area (Å²) in [5.41, 5.74) is 6.34. The van der Waals surface area contributed by atoms with Crippen LogP contribution in [0.2, 0.25) is 0 Å². The van der Waals surface area contributed by atoms with E-state index in [1.165, 1.54) is 6.20 Å². The molecule has 1 unspecified atom stereocenters. The van der Waals surface area contributed by atoms with Crippen LogP contribution in [0, 0.1) is 0 Å². The summed E-state index contributed by atoms with van der Waals surface area (Å²) in [4.78, 5) is 15.6. The number of para-hydroxylation sites is 1. The average molecular weight is 271 g/mol. The number of rotatable bonds is 2. The molecule has 3 rings (SSSR count). The zero-order valence-corrected chi connectivity index (χ0v) is 10.6. The number of benzene rings is 1. The predicted molar refractivity (Wildman–Crippen MR) is 71.7 cm³/mol. The largest absolute Gasteiger partial charge is 0.456 e. The third-order valence-corrected chi connectivity index (χ3v) is 3.06. The van der Waals surface area contributed by atoms with E-state index in [1.54, 1.807) is 6.07 Å². The first kappa shape index (κ1) is 12.6. The van der Waals surface area contributed by atoms with E-state index < -0.39 is 11.9 Å². The van der Waals surface area contributed by atoms with Gasteiger partial charge in [-0.15, -0.1) is 0 Å². The summed E-state index contributed by atoms with van der Waals surface area (Å²) in [6.07, 6.45) is 1.78. The molecule has 1 aromatic carbocycles. The van der Waals surface area contributed by atoms with E-state index in [-0.39, 0.29) is 5.82 Å². The summed E-state index contributed by atoms with van der Waals surface area (Å²) >= 11 is 0. The van der Waals surface area contributed by atoms with E-state index in [1.807, 2.05) is 30.3 Å². The van der Waals surface area contributed by atoms with Crippen LogP contribution in [0.15, 0.2) is 42.6 Å². The van der Waals surface area contributed by atoms with E-state index in [2.05, 4.69) is 4.98 Å². The maximum absolute atomic E-state index is 11.5. The number of nitrogens with zero attached hydrogens (tertiary/aromatic N) is 2. The number of hydrogen-bond acceptors (Lipinski definition) is 5. The summed E-state index contributed by atoms with van der Waals surface area (Å²) in [6.45, 7) is 0. The summed E-state index contributed by atoms with van der Waals surface area (Å²) in [5, 5.41) is 10.2. The zero-order chi connectivity index (χ0) is 14.1. The van der Waals surface area contributed by atoms with Crippen molar-refractivity contribution >= 4 is 11.7 Å². The van der Waals surface area contributed by atoms with Crippen LogP contribution in [0.4, 0.5) is 5.82 Å². The molecule has 2 aromatic rings. The van der Waals surface area contributed by atoms with Gasteiger partial charge in [0.1, 0.15) is 11.5 Å². The summed E-state index contributed by atoms with van der Waals surface area (Å²) in [7, 11) is 0. The molecule has 3 N–H and O–H groups in total. The fraction of sp³-hybridized carbons (Fsp3) is 0.143. The number of anilines is 1. The highest BCUT2D eigenvalue weighted by atomic mass is 16.5. The molecule has 1 atom stereocenters. The summed E-state index contributed by atoms with van der Waals surface area (Å²) < 4.78 is 5.65. The lowest BCUT2D eigenvalue weighted by atomic mass is 10.0. The molecule has 1 aliphatic heterocycles. The monoisotopic (exact) mass is 271 g/mol. The summed E-state index contributed by atoms with van der Waals surface area (Å²) in [5.74, 6) is 0.870. The van der Waals surface area contributed by atoms with Gasteiger partial charge in [-0.25, -0.2) is 4.98 Å². The van der Waals surface area contributed by atoms with Crippen molar-refractivity contribution in [2.75, 3.05) is 5.06 Å². The molecule has 20 heavy (non-hydrogen) atoms. The van der Waals surface area contributed by atoms with Crippen LogP contribution in [0.25, 0.3) is 0 Å². The van der Waals surface area contributed by atoms with Gasteiger partial charge in [0.2, 0.25) is 0 Å². The number of carbonyl (C=O) groups excluding carboxylic acids is 1. The Hall–Kier alpha value is -2.44. The van der Waals surface area contributed by atoms with Gasteiger partial charge in [0.05, 0.1) is 12.2 Å². The van der Waals surface area contributed by atoms with Crippen LogP contribution in [0.1, 0.15) is 5.56 Å². The highest BCUT2D eigenvalue weighted by molar-refractivity contribution is 5.97. The molecule has 1 amide bonds. The van der Waals surface area contributed by atoms with Crippen molar-refractivity contribution in [2.45, 2.75) is 12.5 Å². The molecule has 2 heterocycles. The number of nitrogens with two attached hydrogens (primary N) is 1. The van der Waals surface area contributed by atoms with Crippen molar-refractivity contribution in [3.8, 4) is 11.5 Å². The van der Waals surface area contributed by atoms with E-state index in [4.69, 9.17) is 10.5 Å². The van der Waals surface area contributed by atoms with Crippen molar-refractivity contribution in [3.63, 3.8) is 0 Å². The molecule has 0 bridgehead atoms. The van der Waals surface area contributed by atoms with Crippen LogP contribution in [-0.2, 0) is 11.2 Å². The fourth-order valence-corrected chi connectivity index (χ4v) is 2.09. The van der Waals surface area contributed by atoms with E-state index in [0.717, 1.165) is 0 Å². The minimum absolute atomic E-state index is 0.206. The van der Waals surface area contributed by atoms with Gasteiger partial charge in [-0.05, 0) is 18.2 Å². The normalized spacial score (nSPS) is 17.8. The molecule has 6 heteroatoms. The predicted octanol–water partition coefficient (Wildman–Crippen LogP) is 1.48. The molecule has 0 aliphatic carbocycles. The van der Waals surface area contributed by atoms with Gasteiger partial charge in [0.15, 0.2) is 5.82 Å². The maximum atomic E-state index is 11.5. The third kappa shape index (κ3) is 2.22. The number of fused-ring (bicyclic) bond motifs is 1. The fourth-order valence-electron chi connectivity index (χ4n) is 2.09. The van der Waals surface area contributed by atoms with Crippen LogP contribution < -0.4 is 15.5 Å². The van der Waals surface area contributed by atoms with Gasteiger partial charge in [-0.1, -0.05) is 18.2 Å². The average Bonchev–Trinajstić information content (AvgIpc) is 2.46. The Bertz CT molecular complexity index is 645. The number of hydroxylamine groups is 1. The molecule has 0 spiro atoms. The van der Waals surface area contributed by atoms with Crippen molar-refractivity contribution < 1.29 is 14.7 Å². The Labute approximate surface area is 115 Å². The number of ether oxygens (including phenoxy) is 1. The van der Waals surface area contributed by atoms with Crippen LogP contribution >= 0.6 is 0 Å². The second kappa shape index (κ2) is 4.92. The Balaban J connectivity index is 1.90. The summed E-state index contributed by atoms with van der Waals surface area (Å²) in [6, 6.07) is 10.2. The Morgan fingerprint density at radius 3 is 2.80 bits per heavy atom. The highest BCUT2D eigenvalue weighted by Gasteiger charge is 2.31. The Kier molecular flexibility index (Phi) is 3.09. The minimum atomic E-state index is -0.763. The molecule has 102 valence electrons. The third-order valence-electron chi connectivity index (χ3n) is 3.06. The SMILES string of the molecule is NC1Cc2cc(Oc3ccccc3)cnc2N(O)C1=O. The van der Waals surface area contributed by atoms with Crippen LogP contribution in [0.3, 0.4) is 0 Å². The first-order valence-corrected chi connectivity index (χ1v) is 6.15. The molecule has 0 saturated carbocycles. The van der Waals surface area contributed by atoms with Gasteiger partial charge < -0.3 is 10.5 Å². The molecular formula is C14H13N3O3. The molecule has 1 aromatic heterocycles. The van der Waals surface area contributed by atoms with E-state index in [0.29, 0.717) is 28.5 Å². The standard InChI is InChI=1S/C14H13N3O3/c15-12-7-9-6-11(20-10-4-2-1-3-5-10)8-16-13(9)17(19)14(12)18/h1-6,8,12,19H,7,15H2.